The molecule has 3 rings (SSSR count). The summed E-state index contributed by atoms with van der Waals surface area (Å²) in [4.78, 5) is 5.05. The van der Waals surface area contributed by atoms with E-state index in [1.54, 1.807) is 22.6 Å². The number of aliphatic hydroxyl groups is 1. The van der Waals surface area contributed by atoms with Crippen LogP contribution in [0, 0.1) is 0 Å². The lowest BCUT2D eigenvalue weighted by Crippen LogP contribution is -1.94. The lowest BCUT2D eigenvalue weighted by atomic mass is 10.3. The Labute approximate surface area is 122 Å². The fraction of sp³-hybridized carbons (Fsp3) is 0.0833. The maximum absolute atomic E-state index is 9.43. The minimum absolute atomic E-state index is 0.175. The third-order valence-electron chi connectivity index (χ3n) is 2.57. The van der Waals surface area contributed by atoms with E-state index in [4.69, 9.17) is 27.9 Å². The Balaban J connectivity index is 2.05. The molecule has 1 aromatic carbocycles. The van der Waals surface area contributed by atoms with E-state index in [-0.39, 0.29) is 6.61 Å². The van der Waals surface area contributed by atoms with Crippen molar-refractivity contribution in [1.29, 1.82) is 0 Å². The van der Waals surface area contributed by atoms with Crippen molar-refractivity contribution in [1.82, 2.24) is 9.38 Å². The first-order valence-corrected chi connectivity index (χ1v) is 7.01. The smallest absolute Gasteiger partial charge is 0.244 e. The highest BCUT2D eigenvalue weighted by atomic mass is 35.5. The lowest BCUT2D eigenvalue weighted by Gasteiger charge is -2.06. The van der Waals surface area contributed by atoms with E-state index in [1.165, 1.54) is 11.3 Å². The summed E-state index contributed by atoms with van der Waals surface area (Å²) in [6.07, 6.45) is 1.82. The van der Waals surface area contributed by atoms with E-state index >= 15 is 0 Å². The largest absolute Gasteiger partial charge is 0.436 e. The van der Waals surface area contributed by atoms with Crippen LogP contribution >= 0.6 is 34.5 Å². The zero-order chi connectivity index (χ0) is 13.4. The van der Waals surface area contributed by atoms with Crippen LogP contribution in [-0.2, 0) is 6.61 Å². The van der Waals surface area contributed by atoms with Crippen molar-refractivity contribution in [2.45, 2.75) is 6.61 Å². The van der Waals surface area contributed by atoms with Crippen LogP contribution < -0.4 is 4.74 Å². The molecule has 0 aliphatic heterocycles. The summed E-state index contributed by atoms with van der Waals surface area (Å²) in [5.74, 6) is 0.744. The van der Waals surface area contributed by atoms with Crippen molar-refractivity contribution in [2.75, 3.05) is 0 Å². The maximum atomic E-state index is 9.43. The molecule has 3 aromatic rings. The highest BCUT2D eigenvalue weighted by Crippen LogP contribution is 2.34. The molecule has 0 saturated carbocycles. The number of aromatic nitrogens is 2. The van der Waals surface area contributed by atoms with Crippen LogP contribution in [0.4, 0.5) is 0 Å². The quantitative estimate of drug-likeness (QED) is 0.795. The average molecular weight is 315 g/mol. The molecular formula is C12H8Cl2N2O2S. The van der Waals surface area contributed by atoms with Crippen molar-refractivity contribution in [2.24, 2.45) is 0 Å². The average Bonchev–Trinajstić information content (AvgIpc) is 2.94. The molecule has 2 heterocycles. The molecular weight excluding hydrogens is 307 g/mol. The SMILES string of the molecule is OCc1c(Oc2cc(Cl)ccc2Cl)nc2sccn12. The molecule has 0 fully saturated rings. The summed E-state index contributed by atoms with van der Waals surface area (Å²) in [6.45, 7) is -0.175. The number of hydrogen-bond donors (Lipinski definition) is 1. The monoisotopic (exact) mass is 314 g/mol. The molecule has 4 nitrogen and oxygen atoms in total. The molecule has 0 spiro atoms. The van der Waals surface area contributed by atoms with E-state index in [0.717, 1.165) is 4.96 Å². The number of aliphatic hydroxyl groups excluding tert-OH is 1. The van der Waals surface area contributed by atoms with E-state index < -0.39 is 0 Å². The number of fused-ring (bicyclic) bond motifs is 1. The number of imidazole rings is 1. The Bertz CT molecular complexity index is 738. The number of rotatable bonds is 3. The van der Waals surface area contributed by atoms with Gasteiger partial charge >= 0.3 is 0 Å². The third kappa shape index (κ3) is 2.30. The second-order valence-electron chi connectivity index (χ2n) is 3.75. The molecule has 1 N–H and O–H groups in total. The second kappa shape index (κ2) is 5.02. The predicted octanol–water partition coefficient (Wildman–Crippen LogP) is 3.99. The molecule has 0 bridgehead atoms. The van der Waals surface area contributed by atoms with Gasteiger partial charge in [-0.15, -0.1) is 11.3 Å². The van der Waals surface area contributed by atoms with Gasteiger partial charge in [-0.2, -0.15) is 4.98 Å². The number of benzene rings is 1. The van der Waals surface area contributed by atoms with E-state index in [1.807, 2.05) is 11.6 Å². The summed E-state index contributed by atoms with van der Waals surface area (Å²) in [6, 6.07) is 4.93. The minimum atomic E-state index is -0.175. The number of hydrogen-bond acceptors (Lipinski definition) is 4. The fourth-order valence-electron chi connectivity index (χ4n) is 1.70. The summed E-state index contributed by atoms with van der Waals surface area (Å²) in [5, 5.41) is 12.3. The van der Waals surface area contributed by atoms with Crippen LogP contribution in [-0.4, -0.2) is 14.5 Å². The van der Waals surface area contributed by atoms with Gasteiger partial charge in [-0.25, -0.2) is 0 Å². The highest BCUT2D eigenvalue weighted by molar-refractivity contribution is 7.15. The Morgan fingerprint density at radius 1 is 1.37 bits per heavy atom. The Hall–Kier alpha value is -1.27. The van der Waals surface area contributed by atoms with Crippen molar-refractivity contribution in [3.05, 3.63) is 45.5 Å². The Morgan fingerprint density at radius 3 is 3.00 bits per heavy atom. The molecule has 0 aliphatic carbocycles. The number of thiazole rings is 1. The van der Waals surface area contributed by atoms with Gasteiger partial charge in [-0.1, -0.05) is 23.2 Å². The lowest BCUT2D eigenvalue weighted by molar-refractivity contribution is 0.270. The molecule has 19 heavy (non-hydrogen) atoms. The minimum Gasteiger partial charge on any atom is -0.436 e. The van der Waals surface area contributed by atoms with Gasteiger partial charge in [0.25, 0.3) is 0 Å². The van der Waals surface area contributed by atoms with Crippen LogP contribution in [0.5, 0.6) is 11.6 Å². The summed E-state index contributed by atoms with van der Waals surface area (Å²) < 4.78 is 7.43. The first kappa shape index (κ1) is 12.7. The number of nitrogens with zero attached hydrogens (tertiary/aromatic N) is 2. The molecule has 98 valence electrons. The highest BCUT2D eigenvalue weighted by Gasteiger charge is 2.15. The zero-order valence-corrected chi connectivity index (χ0v) is 11.8. The van der Waals surface area contributed by atoms with E-state index in [9.17, 15) is 5.11 Å². The summed E-state index contributed by atoms with van der Waals surface area (Å²) in [5.41, 5.74) is 0.576. The van der Waals surface area contributed by atoms with Crippen LogP contribution in [0.3, 0.4) is 0 Å². The van der Waals surface area contributed by atoms with Gasteiger partial charge in [0.15, 0.2) is 4.96 Å². The molecule has 0 amide bonds. The first-order valence-electron chi connectivity index (χ1n) is 5.37. The summed E-state index contributed by atoms with van der Waals surface area (Å²) >= 11 is 13.4. The molecule has 0 unspecified atom stereocenters. The topological polar surface area (TPSA) is 46.8 Å². The first-order chi connectivity index (χ1) is 9.19. The zero-order valence-electron chi connectivity index (χ0n) is 9.51. The van der Waals surface area contributed by atoms with Gasteiger partial charge in [0, 0.05) is 22.7 Å². The van der Waals surface area contributed by atoms with Crippen LogP contribution in [0.1, 0.15) is 5.69 Å². The van der Waals surface area contributed by atoms with Gasteiger partial charge < -0.3 is 9.84 Å². The second-order valence-corrected chi connectivity index (χ2v) is 5.47. The van der Waals surface area contributed by atoms with E-state index in [2.05, 4.69) is 4.98 Å². The van der Waals surface area contributed by atoms with Crippen LogP contribution in [0.25, 0.3) is 4.96 Å². The molecule has 0 aliphatic rings. The Morgan fingerprint density at radius 2 is 2.21 bits per heavy atom. The van der Waals surface area contributed by atoms with Gasteiger partial charge in [0.05, 0.1) is 11.6 Å². The van der Waals surface area contributed by atoms with Gasteiger partial charge in [0.1, 0.15) is 11.4 Å². The normalized spacial score (nSPS) is 11.1. The molecule has 0 atom stereocenters. The Kier molecular flexibility index (Phi) is 3.36. The van der Waals surface area contributed by atoms with Crippen molar-refractivity contribution < 1.29 is 9.84 Å². The van der Waals surface area contributed by atoms with Crippen molar-refractivity contribution in [3.8, 4) is 11.6 Å². The van der Waals surface area contributed by atoms with Gasteiger partial charge in [0.2, 0.25) is 5.88 Å². The maximum Gasteiger partial charge on any atom is 0.244 e. The standard InChI is InChI=1S/C12H8Cl2N2O2S/c13-7-1-2-8(14)10(5-7)18-11-9(6-17)16-3-4-19-12(16)15-11/h1-5,17H,6H2. The van der Waals surface area contributed by atoms with Gasteiger partial charge in [-0.05, 0) is 12.1 Å². The number of ether oxygens (including phenoxy) is 1. The van der Waals surface area contributed by atoms with Crippen LogP contribution in [0.15, 0.2) is 29.8 Å². The molecule has 7 heteroatoms. The molecule has 0 saturated heterocycles. The van der Waals surface area contributed by atoms with E-state index in [0.29, 0.717) is 27.4 Å². The van der Waals surface area contributed by atoms with Crippen LogP contribution in [0.2, 0.25) is 10.0 Å². The third-order valence-corrected chi connectivity index (χ3v) is 3.88. The van der Waals surface area contributed by atoms with Crippen molar-refractivity contribution >= 4 is 39.5 Å². The molecule has 2 aromatic heterocycles. The van der Waals surface area contributed by atoms with Gasteiger partial charge in [-0.3, -0.25) is 4.40 Å². The predicted molar refractivity (Wildman–Crippen MR) is 75.5 cm³/mol. The fourth-order valence-corrected chi connectivity index (χ4v) is 2.74. The number of halogens is 2. The summed E-state index contributed by atoms with van der Waals surface area (Å²) in [7, 11) is 0. The molecule has 0 radical (unpaired) electrons. The van der Waals surface area contributed by atoms with Crippen molar-refractivity contribution in [3.63, 3.8) is 0 Å².